The van der Waals surface area contributed by atoms with Gasteiger partial charge in [0.15, 0.2) is 5.76 Å². The number of alkyl halides is 1. The lowest BCUT2D eigenvalue weighted by Crippen LogP contribution is -2.07. The maximum atomic E-state index is 11.6. The van der Waals surface area contributed by atoms with Gasteiger partial charge in [-0.2, -0.15) is 0 Å². The van der Waals surface area contributed by atoms with E-state index in [1.807, 2.05) is 0 Å². The summed E-state index contributed by atoms with van der Waals surface area (Å²) in [5.74, 6) is -0.0366. The summed E-state index contributed by atoms with van der Waals surface area (Å²) >= 11 is 3.22. The molecule has 0 aliphatic heterocycles. The van der Waals surface area contributed by atoms with Crippen molar-refractivity contribution in [1.82, 2.24) is 0 Å². The molecule has 0 aromatic carbocycles. The van der Waals surface area contributed by atoms with E-state index in [1.165, 1.54) is 6.92 Å². The molecule has 5 nitrogen and oxygen atoms in total. The molecule has 1 aromatic rings. The van der Waals surface area contributed by atoms with Crippen molar-refractivity contribution in [3.05, 3.63) is 23.2 Å². The second-order valence-corrected chi connectivity index (χ2v) is 3.74. The van der Waals surface area contributed by atoms with Gasteiger partial charge in [-0.3, -0.25) is 4.79 Å². The summed E-state index contributed by atoms with van der Waals surface area (Å²) in [5, 5.41) is 0.472. The summed E-state index contributed by atoms with van der Waals surface area (Å²) in [4.78, 5) is 22.3. The zero-order valence-corrected chi connectivity index (χ0v) is 11.2. The number of ether oxygens (including phenoxy) is 2. The molecule has 0 aliphatic rings. The molecule has 0 amide bonds. The average molecular weight is 305 g/mol. The fourth-order valence-corrected chi connectivity index (χ4v) is 1.48. The molecular weight excluding hydrogens is 292 g/mol. The smallest absolute Gasteiger partial charge is 0.341 e. The zero-order chi connectivity index (χ0) is 12.8. The van der Waals surface area contributed by atoms with Gasteiger partial charge in [0, 0.05) is 6.92 Å². The molecule has 0 unspecified atom stereocenters. The van der Waals surface area contributed by atoms with Crippen molar-refractivity contribution in [1.29, 1.82) is 0 Å². The zero-order valence-electron chi connectivity index (χ0n) is 9.62. The van der Waals surface area contributed by atoms with Gasteiger partial charge in [-0.05, 0) is 13.0 Å². The van der Waals surface area contributed by atoms with Gasteiger partial charge in [0.1, 0.15) is 17.9 Å². The van der Waals surface area contributed by atoms with Crippen LogP contribution in [0.2, 0.25) is 0 Å². The number of furan rings is 1. The quantitative estimate of drug-likeness (QED) is 0.617. The van der Waals surface area contributed by atoms with Crippen molar-refractivity contribution >= 4 is 27.9 Å². The lowest BCUT2D eigenvalue weighted by Gasteiger charge is -2.02. The van der Waals surface area contributed by atoms with Crippen LogP contribution in [0.15, 0.2) is 10.5 Å². The van der Waals surface area contributed by atoms with Gasteiger partial charge in [-0.1, -0.05) is 15.9 Å². The van der Waals surface area contributed by atoms with E-state index in [0.29, 0.717) is 22.4 Å². The summed E-state index contributed by atoms with van der Waals surface area (Å²) < 4.78 is 15.0. The summed E-state index contributed by atoms with van der Waals surface area (Å²) in [6.07, 6.45) is 0. The third-order valence-electron chi connectivity index (χ3n) is 1.89. The van der Waals surface area contributed by atoms with Crippen LogP contribution in [0.4, 0.5) is 0 Å². The first-order valence-electron chi connectivity index (χ1n) is 5.06. The maximum absolute atomic E-state index is 11.6. The van der Waals surface area contributed by atoms with E-state index < -0.39 is 11.9 Å². The van der Waals surface area contributed by atoms with Gasteiger partial charge in [0.2, 0.25) is 0 Å². The standard InChI is InChI=1S/C11H13BrO5/c1-3-15-11(14)9-4-8(5-12)17-10(9)6-16-7(2)13/h4H,3,5-6H2,1-2H3. The molecule has 0 spiro atoms. The van der Waals surface area contributed by atoms with E-state index in [0.717, 1.165) is 0 Å². The predicted molar refractivity (Wildman–Crippen MR) is 62.8 cm³/mol. The van der Waals surface area contributed by atoms with Crippen molar-refractivity contribution < 1.29 is 23.5 Å². The summed E-state index contributed by atoms with van der Waals surface area (Å²) in [6, 6.07) is 1.57. The van der Waals surface area contributed by atoms with Crippen LogP contribution in [0.1, 0.15) is 35.7 Å². The molecule has 1 heterocycles. The minimum absolute atomic E-state index is 0.0729. The van der Waals surface area contributed by atoms with E-state index in [9.17, 15) is 9.59 Å². The van der Waals surface area contributed by atoms with Gasteiger partial charge >= 0.3 is 11.9 Å². The van der Waals surface area contributed by atoms with Crippen LogP contribution in [0.25, 0.3) is 0 Å². The van der Waals surface area contributed by atoms with Crippen LogP contribution < -0.4 is 0 Å². The van der Waals surface area contributed by atoms with Gasteiger partial charge < -0.3 is 13.9 Å². The monoisotopic (exact) mass is 304 g/mol. The van der Waals surface area contributed by atoms with E-state index in [4.69, 9.17) is 13.9 Å². The van der Waals surface area contributed by atoms with Crippen LogP contribution in [0.3, 0.4) is 0 Å². The van der Waals surface area contributed by atoms with Crippen molar-refractivity contribution in [3.8, 4) is 0 Å². The van der Waals surface area contributed by atoms with Gasteiger partial charge in [-0.25, -0.2) is 4.79 Å². The molecule has 17 heavy (non-hydrogen) atoms. The molecule has 94 valence electrons. The topological polar surface area (TPSA) is 65.7 Å². The number of carbonyl (C=O) groups excluding carboxylic acids is 2. The summed E-state index contributed by atoms with van der Waals surface area (Å²) in [5.41, 5.74) is 0.294. The highest BCUT2D eigenvalue weighted by atomic mass is 79.9. The Hall–Kier alpha value is -1.30. The molecule has 0 fully saturated rings. The summed E-state index contributed by atoms with van der Waals surface area (Å²) in [7, 11) is 0. The Balaban J connectivity index is 2.88. The highest BCUT2D eigenvalue weighted by molar-refractivity contribution is 9.08. The third-order valence-corrected chi connectivity index (χ3v) is 2.45. The molecule has 0 bridgehead atoms. The first-order chi connectivity index (χ1) is 8.08. The lowest BCUT2D eigenvalue weighted by atomic mass is 10.2. The van der Waals surface area contributed by atoms with Gasteiger partial charge in [0.05, 0.1) is 11.9 Å². The van der Waals surface area contributed by atoms with Crippen molar-refractivity contribution in [3.63, 3.8) is 0 Å². The number of hydrogen-bond acceptors (Lipinski definition) is 5. The molecule has 1 rings (SSSR count). The molecule has 0 aliphatic carbocycles. The van der Waals surface area contributed by atoms with E-state index in [-0.39, 0.29) is 13.2 Å². The van der Waals surface area contributed by atoms with E-state index >= 15 is 0 Å². The molecule has 1 aromatic heterocycles. The highest BCUT2D eigenvalue weighted by Crippen LogP contribution is 2.20. The molecule has 6 heteroatoms. The molecule has 0 saturated carbocycles. The van der Waals surface area contributed by atoms with Crippen LogP contribution >= 0.6 is 15.9 Å². The van der Waals surface area contributed by atoms with E-state index in [1.54, 1.807) is 13.0 Å². The minimum Gasteiger partial charge on any atom is -0.462 e. The first kappa shape index (κ1) is 13.8. The van der Waals surface area contributed by atoms with Crippen LogP contribution in [-0.4, -0.2) is 18.5 Å². The summed E-state index contributed by atoms with van der Waals surface area (Å²) in [6.45, 7) is 3.21. The third kappa shape index (κ3) is 3.89. The Morgan fingerprint density at radius 3 is 2.65 bits per heavy atom. The molecule has 0 saturated heterocycles. The van der Waals surface area contributed by atoms with Crippen molar-refractivity contribution in [2.45, 2.75) is 25.8 Å². The SMILES string of the molecule is CCOC(=O)c1cc(CBr)oc1COC(C)=O. The van der Waals surface area contributed by atoms with E-state index in [2.05, 4.69) is 15.9 Å². The molecule has 0 N–H and O–H groups in total. The number of hydrogen-bond donors (Lipinski definition) is 0. The fourth-order valence-electron chi connectivity index (χ4n) is 1.21. The van der Waals surface area contributed by atoms with Crippen LogP contribution in [-0.2, 0) is 26.2 Å². The number of rotatable bonds is 5. The lowest BCUT2D eigenvalue weighted by molar-refractivity contribution is -0.142. The second kappa shape index (κ2) is 6.44. The fraction of sp³-hybridized carbons (Fsp3) is 0.455. The maximum Gasteiger partial charge on any atom is 0.341 e. The Kier molecular flexibility index (Phi) is 5.21. The van der Waals surface area contributed by atoms with Crippen LogP contribution in [0, 0.1) is 0 Å². The number of halogens is 1. The Morgan fingerprint density at radius 1 is 1.41 bits per heavy atom. The van der Waals surface area contributed by atoms with Gasteiger partial charge in [0.25, 0.3) is 0 Å². The predicted octanol–water partition coefficient (Wildman–Crippen LogP) is 2.41. The minimum atomic E-state index is -0.481. The number of carbonyl (C=O) groups is 2. The normalized spacial score (nSPS) is 10.1. The van der Waals surface area contributed by atoms with Gasteiger partial charge in [-0.15, -0.1) is 0 Å². The molecule has 0 radical (unpaired) electrons. The highest BCUT2D eigenvalue weighted by Gasteiger charge is 2.19. The molecular formula is C11H13BrO5. The van der Waals surface area contributed by atoms with Crippen LogP contribution in [0.5, 0.6) is 0 Å². The Morgan fingerprint density at radius 2 is 2.12 bits per heavy atom. The molecule has 0 atom stereocenters. The largest absolute Gasteiger partial charge is 0.462 e. The average Bonchev–Trinajstić information content (AvgIpc) is 2.70. The van der Waals surface area contributed by atoms with Crippen molar-refractivity contribution in [2.75, 3.05) is 6.61 Å². The van der Waals surface area contributed by atoms with Crippen molar-refractivity contribution in [2.24, 2.45) is 0 Å². The Bertz CT molecular complexity index is 410. The Labute approximate surface area is 107 Å². The second-order valence-electron chi connectivity index (χ2n) is 3.18. The number of esters is 2. The first-order valence-corrected chi connectivity index (χ1v) is 6.18.